The van der Waals surface area contributed by atoms with Gasteiger partial charge < -0.3 is 15.1 Å². The van der Waals surface area contributed by atoms with Gasteiger partial charge in [0.15, 0.2) is 5.78 Å². The number of anilines is 1. The topological polar surface area (TPSA) is 65.5 Å². The lowest BCUT2D eigenvalue weighted by Crippen LogP contribution is -2.31. The van der Waals surface area contributed by atoms with Crippen molar-refractivity contribution in [3.63, 3.8) is 0 Å². The second-order valence-corrected chi connectivity index (χ2v) is 8.11. The van der Waals surface area contributed by atoms with E-state index in [1.807, 2.05) is 84.4 Å². The Hall–Kier alpha value is -3.67. The van der Waals surface area contributed by atoms with Crippen LogP contribution in [-0.2, 0) is 13.1 Å². The van der Waals surface area contributed by atoms with E-state index in [9.17, 15) is 9.59 Å². The number of rotatable bonds is 8. The van der Waals surface area contributed by atoms with Gasteiger partial charge in [-0.15, -0.1) is 0 Å². The third-order valence-electron chi connectivity index (χ3n) is 5.98. The predicted octanol–water partition coefficient (Wildman–Crippen LogP) is 4.55. The number of hydrogen-bond donors (Lipinski definition) is 1. The molecule has 1 aromatic heterocycles. The van der Waals surface area contributed by atoms with Gasteiger partial charge >= 0.3 is 6.03 Å². The second-order valence-electron chi connectivity index (χ2n) is 8.11. The molecule has 164 valence electrons. The van der Waals surface area contributed by atoms with Crippen LogP contribution in [0.2, 0.25) is 0 Å². The number of carbonyl (C=O) groups excluding carboxylic acids is 2. The normalized spacial score (nSPS) is 14.5. The zero-order valence-electron chi connectivity index (χ0n) is 18.5. The minimum absolute atomic E-state index is 0.0336. The Morgan fingerprint density at radius 3 is 2.31 bits per heavy atom. The Labute approximate surface area is 188 Å². The lowest BCUT2D eigenvalue weighted by molar-refractivity contribution is 0.0966. The Balaban J connectivity index is 1.38. The van der Waals surface area contributed by atoms with Gasteiger partial charge in [0.2, 0.25) is 0 Å². The first-order valence-electron chi connectivity index (χ1n) is 10.9. The molecule has 0 radical (unpaired) electrons. The summed E-state index contributed by atoms with van der Waals surface area (Å²) in [5.41, 5.74) is 4.67. The molecule has 1 atom stereocenters. The van der Waals surface area contributed by atoms with Crippen LogP contribution in [-0.4, -0.2) is 46.7 Å². The number of ketones is 1. The van der Waals surface area contributed by atoms with Crippen LogP contribution < -0.4 is 5.32 Å². The quantitative estimate of drug-likeness (QED) is 0.535. The molecule has 1 fully saturated rings. The summed E-state index contributed by atoms with van der Waals surface area (Å²) in [6, 6.07) is 19.4. The summed E-state index contributed by atoms with van der Waals surface area (Å²) in [6.45, 7) is 4.44. The van der Waals surface area contributed by atoms with Crippen LogP contribution in [0.15, 0.2) is 73.1 Å². The molecule has 0 aliphatic carbocycles. The van der Waals surface area contributed by atoms with E-state index in [1.165, 1.54) is 0 Å². The minimum atomic E-state index is -0.245. The highest BCUT2D eigenvalue weighted by atomic mass is 16.2. The minimum Gasteiger partial charge on any atom is -0.388 e. The van der Waals surface area contributed by atoms with Gasteiger partial charge in [0.25, 0.3) is 0 Å². The number of nitrogens with zero attached hydrogens (tertiary/aromatic N) is 3. The van der Waals surface area contributed by atoms with Crippen molar-refractivity contribution in [2.45, 2.75) is 25.9 Å². The first-order valence-corrected chi connectivity index (χ1v) is 10.9. The van der Waals surface area contributed by atoms with Gasteiger partial charge in [0.1, 0.15) is 0 Å². The number of nitrogens with one attached hydrogen (secondary N) is 1. The summed E-state index contributed by atoms with van der Waals surface area (Å²) >= 11 is 0. The van der Waals surface area contributed by atoms with Crippen LogP contribution >= 0.6 is 0 Å². The summed E-state index contributed by atoms with van der Waals surface area (Å²) in [4.78, 5) is 33.6. The number of urea groups is 1. The van der Waals surface area contributed by atoms with Crippen LogP contribution in [0.4, 0.5) is 10.5 Å². The number of hydrogen-bond acceptors (Lipinski definition) is 4. The fourth-order valence-corrected chi connectivity index (χ4v) is 4.13. The van der Waals surface area contributed by atoms with Crippen molar-refractivity contribution in [1.82, 2.24) is 14.8 Å². The molecule has 4 rings (SSSR count). The molecule has 3 aromatic rings. The lowest BCUT2D eigenvalue weighted by Gasteiger charge is -2.19. The summed E-state index contributed by atoms with van der Waals surface area (Å²) in [6.07, 6.45) is 3.53. The van der Waals surface area contributed by atoms with E-state index in [0.717, 1.165) is 22.4 Å². The van der Waals surface area contributed by atoms with E-state index >= 15 is 0 Å². The molecule has 0 saturated carbocycles. The van der Waals surface area contributed by atoms with Gasteiger partial charge in [-0.05, 0) is 28.8 Å². The Bertz CT molecular complexity index is 1080. The van der Waals surface area contributed by atoms with Gasteiger partial charge in [-0.3, -0.25) is 9.78 Å². The maximum absolute atomic E-state index is 13.0. The van der Waals surface area contributed by atoms with E-state index in [0.29, 0.717) is 31.7 Å². The highest BCUT2D eigenvalue weighted by Crippen LogP contribution is 2.27. The van der Waals surface area contributed by atoms with Gasteiger partial charge in [-0.2, -0.15) is 0 Å². The number of benzene rings is 2. The van der Waals surface area contributed by atoms with Crippen molar-refractivity contribution in [2.24, 2.45) is 0 Å². The number of aromatic nitrogens is 1. The maximum atomic E-state index is 13.0. The highest BCUT2D eigenvalue weighted by molar-refractivity contribution is 6.01. The smallest absolute Gasteiger partial charge is 0.320 e. The third kappa shape index (κ3) is 4.64. The van der Waals surface area contributed by atoms with E-state index < -0.39 is 0 Å². The van der Waals surface area contributed by atoms with Crippen LogP contribution in [0.5, 0.6) is 0 Å². The molecule has 1 aliphatic rings. The van der Waals surface area contributed by atoms with Crippen molar-refractivity contribution < 1.29 is 9.59 Å². The molecule has 1 unspecified atom stereocenters. The molecule has 1 N–H and O–H groups in total. The average Bonchev–Trinajstić information content (AvgIpc) is 3.18. The van der Waals surface area contributed by atoms with E-state index in [-0.39, 0.29) is 17.7 Å². The zero-order valence-corrected chi connectivity index (χ0v) is 18.5. The standard InChI is InChI=1S/C26H28N4O2/c1-19(23-7-3-4-8-24(23)27-2)25(31)22-11-9-20(10-12-22)17-29-14-15-30(26(29)32)18-21-6-5-13-28-16-21/h3-13,16,19,27H,14-15,17-18H2,1-2H3. The summed E-state index contributed by atoms with van der Waals surface area (Å²) in [7, 11) is 1.86. The molecule has 0 bridgehead atoms. The number of amides is 2. The number of pyridine rings is 1. The highest BCUT2D eigenvalue weighted by Gasteiger charge is 2.28. The molecule has 2 amide bonds. The van der Waals surface area contributed by atoms with E-state index in [1.54, 1.807) is 12.4 Å². The Morgan fingerprint density at radius 2 is 1.66 bits per heavy atom. The molecule has 2 heterocycles. The van der Waals surface area contributed by atoms with Crippen molar-refractivity contribution in [1.29, 1.82) is 0 Å². The van der Waals surface area contributed by atoms with Gasteiger partial charge in [-0.1, -0.05) is 55.5 Å². The lowest BCUT2D eigenvalue weighted by atomic mass is 9.91. The third-order valence-corrected chi connectivity index (χ3v) is 5.98. The fraction of sp³-hybridized carbons (Fsp3) is 0.269. The van der Waals surface area contributed by atoms with Gasteiger partial charge in [-0.25, -0.2) is 4.79 Å². The number of Topliss-reactive ketones (excluding diaryl/α,β-unsaturated/α-hetero) is 1. The fourth-order valence-electron chi connectivity index (χ4n) is 4.13. The van der Waals surface area contributed by atoms with Crippen LogP contribution in [0.1, 0.15) is 39.9 Å². The predicted molar refractivity (Wildman–Crippen MR) is 126 cm³/mol. The van der Waals surface area contributed by atoms with Crippen LogP contribution in [0, 0.1) is 0 Å². The largest absolute Gasteiger partial charge is 0.388 e. The molecule has 6 heteroatoms. The summed E-state index contributed by atoms with van der Waals surface area (Å²) in [5, 5.41) is 3.16. The summed E-state index contributed by atoms with van der Waals surface area (Å²) < 4.78 is 0. The van der Waals surface area contributed by atoms with Gasteiger partial charge in [0.05, 0.1) is 0 Å². The van der Waals surface area contributed by atoms with Crippen molar-refractivity contribution in [3.05, 3.63) is 95.3 Å². The Kier molecular flexibility index (Phi) is 6.50. The molecule has 6 nitrogen and oxygen atoms in total. The van der Waals surface area contributed by atoms with Crippen molar-refractivity contribution in [2.75, 3.05) is 25.5 Å². The second kappa shape index (κ2) is 9.64. The number of para-hydroxylation sites is 1. The molecule has 1 saturated heterocycles. The molecular formula is C26H28N4O2. The molecule has 1 aliphatic heterocycles. The molecule has 0 spiro atoms. The van der Waals surface area contributed by atoms with E-state index in [2.05, 4.69) is 10.3 Å². The summed E-state index contributed by atoms with van der Waals surface area (Å²) in [5.74, 6) is -0.162. The van der Waals surface area contributed by atoms with Crippen LogP contribution in [0.3, 0.4) is 0 Å². The first-order chi connectivity index (χ1) is 15.6. The Morgan fingerprint density at radius 1 is 0.969 bits per heavy atom. The monoisotopic (exact) mass is 428 g/mol. The van der Waals surface area contributed by atoms with Gasteiger partial charge in [0, 0.05) is 62.8 Å². The average molecular weight is 429 g/mol. The van der Waals surface area contributed by atoms with Crippen molar-refractivity contribution >= 4 is 17.5 Å². The SMILES string of the molecule is CNc1ccccc1C(C)C(=O)c1ccc(CN2CCN(Cc3cccnc3)C2=O)cc1. The zero-order chi connectivity index (χ0) is 22.5. The van der Waals surface area contributed by atoms with E-state index in [4.69, 9.17) is 0 Å². The molecular weight excluding hydrogens is 400 g/mol. The molecule has 2 aromatic carbocycles. The molecule has 32 heavy (non-hydrogen) atoms. The maximum Gasteiger partial charge on any atom is 0.320 e. The van der Waals surface area contributed by atoms with Crippen LogP contribution in [0.25, 0.3) is 0 Å². The number of carbonyl (C=O) groups is 2. The van der Waals surface area contributed by atoms with Crippen molar-refractivity contribution in [3.8, 4) is 0 Å². The first kappa shape index (κ1) is 21.6.